The van der Waals surface area contributed by atoms with Crippen LogP contribution in [-0.2, 0) is 22.4 Å². The molecule has 2 heterocycles. The van der Waals surface area contributed by atoms with E-state index in [9.17, 15) is 24.3 Å². The molecule has 11 nitrogen and oxygen atoms in total. The third kappa shape index (κ3) is 6.19. The number of nitrogens with zero attached hydrogens (tertiary/aromatic N) is 1. The number of carbonyl (C=O) groups excluding carboxylic acids is 2. The zero-order valence-corrected chi connectivity index (χ0v) is 19.3. The maximum absolute atomic E-state index is 12.3. The summed E-state index contributed by atoms with van der Waals surface area (Å²) >= 11 is 0. The van der Waals surface area contributed by atoms with Crippen molar-refractivity contribution in [1.29, 1.82) is 0 Å². The quantitative estimate of drug-likeness (QED) is 0.206. The molecule has 1 amide bonds. The Hall–Kier alpha value is -3.15. The van der Waals surface area contributed by atoms with E-state index in [0.717, 1.165) is 11.1 Å². The first-order chi connectivity index (χ1) is 14.7. The molecule has 3 rings (SSSR count). The van der Waals surface area contributed by atoms with Gasteiger partial charge >= 0.3 is 35.5 Å². The standard InChI is InChI=1S/C20H21N5O6.Na/c21-20-24-16-15(18(29)25-20)12(9-22-16)6-3-10-1-4-11(5-2-10)17(28)23-13(19(30)31)7-8-14(26)27;/h1-2,4-5,9,13H,3,6-8H2,(H,23,28)(H,26,27)(H,30,31)(H4,21,22,24,25,29);/q;+1/p-1/t13-;/m1./s1. The Bertz CT molecular complexity index is 1190. The van der Waals surface area contributed by atoms with Crippen LogP contribution >= 0.6 is 0 Å². The number of hydrogen-bond donors (Lipinski definition) is 5. The number of carbonyl (C=O) groups is 3. The fourth-order valence-corrected chi connectivity index (χ4v) is 3.18. The third-order valence-electron chi connectivity index (χ3n) is 4.78. The summed E-state index contributed by atoms with van der Waals surface area (Å²) in [5, 5.41) is 22.5. The Labute approximate surface area is 203 Å². The predicted octanol–water partition coefficient (Wildman–Crippen LogP) is -3.66. The number of rotatable bonds is 9. The van der Waals surface area contributed by atoms with Gasteiger partial charge in [0.1, 0.15) is 5.65 Å². The Kier molecular flexibility index (Phi) is 8.58. The number of aromatic amines is 2. The molecular weight excluding hydrogens is 429 g/mol. The van der Waals surface area contributed by atoms with Gasteiger partial charge in [0.25, 0.3) is 11.5 Å². The molecule has 0 aliphatic carbocycles. The fourth-order valence-electron chi connectivity index (χ4n) is 3.18. The number of aromatic nitrogens is 3. The average molecular weight is 449 g/mol. The van der Waals surface area contributed by atoms with Gasteiger partial charge in [0.15, 0.2) is 0 Å². The van der Waals surface area contributed by atoms with Gasteiger partial charge in [-0.1, -0.05) is 12.1 Å². The van der Waals surface area contributed by atoms with Gasteiger partial charge in [-0.3, -0.25) is 19.4 Å². The van der Waals surface area contributed by atoms with Crippen LogP contribution < -0.4 is 51.3 Å². The van der Waals surface area contributed by atoms with E-state index in [0.29, 0.717) is 23.9 Å². The zero-order valence-electron chi connectivity index (χ0n) is 17.3. The minimum Gasteiger partial charge on any atom is -0.548 e. The summed E-state index contributed by atoms with van der Waals surface area (Å²) in [6.45, 7) is 0. The summed E-state index contributed by atoms with van der Waals surface area (Å²) in [5.74, 6) is -3.32. The molecule has 6 N–H and O–H groups in total. The summed E-state index contributed by atoms with van der Waals surface area (Å²) < 4.78 is 0. The van der Waals surface area contributed by atoms with E-state index < -0.39 is 30.3 Å². The van der Waals surface area contributed by atoms with Crippen molar-refractivity contribution >= 4 is 34.8 Å². The van der Waals surface area contributed by atoms with Crippen LogP contribution in [0.25, 0.3) is 11.0 Å². The second-order valence-corrected chi connectivity index (χ2v) is 6.96. The Balaban J connectivity index is 0.00000363. The smallest absolute Gasteiger partial charge is 0.548 e. The van der Waals surface area contributed by atoms with Gasteiger partial charge in [-0.05, 0) is 42.5 Å². The van der Waals surface area contributed by atoms with Crippen LogP contribution in [-0.4, -0.2) is 43.9 Å². The summed E-state index contributed by atoms with van der Waals surface area (Å²) in [6, 6.07) is 5.12. The molecule has 0 aliphatic rings. The summed E-state index contributed by atoms with van der Waals surface area (Å²) in [7, 11) is 0. The zero-order chi connectivity index (χ0) is 22.5. The second-order valence-electron chi connectivity index (χ2n) is 6.96. The molecule has 3 aromatic rings. The van der Waals surface area contributed by atoms with E-state index in [2.05, 4.69) is 20.3 Å². The number of nitrogens with one attached hydrogen (secondary N) is 3. The van der Waals surface area contributed by atoms with Gasteiger partial charge in [-0.2, -0.15) is 4.98 Å². The molecule has 0 spiro atoms. The van der Waals surface area contributed by atoms with E-state index in [1.165, 1.54) is 0 Å². The first kappa shape index (κ1) is 25.1. The first-order valence-electron chi connectivity index (χ1n) is 9.43. The number of aryl methyl sites for hydroxylation is 2. The van der Waals surface area contributed by atoms with Crippen molar-refractivity contribution in [3.05, 3.63) is 57.5 Å². The summed E-state index contributed by atoms with van der Waals surface area (Å²) in [5.41, 5.74) is 7.53. The molecular formula is C20H20N5NaO6. The van der Waals surface area contributed by atoms with Gasteiger partial charge < -0.3 is 31.0 Å². The van der Waals surface area contributed by atoms with Crippen LogP contribution in [0.15, 0.2) is 35.3 Å². The SMILES string of the molecule is Nc1nc2[nH]cc(CCc3ccc(C(=O)N[C@H](CCC(=O)O)C(=O)[O-])cc3)c2c(=O)[nH]1.[Na+]. The molecule has 0 saturated carbocycles. The largest absolute Gasteiger partial charge is 1.00 e. The fraction of sp³-hybridized carbons (Fsp3) is 0.250. The molecule has 162 valence electrons. The Morgan fingerprint density at radius 3 is 2.50 bits per heavy atom. The van der Waals surface area contributed by atoms with E-state index in [1.807, 2.05) is 0 Å². The van der Waals surface area contributed by atoms with E-state index in [4.69, 9.17) is 10.8 Å². The van der Waals surface area contributed by atoms with Crippen LogP contribution in [0, 0.1) is 0 Å². The van der Waals surface area contributed by atoms with Gasteiger partial charge in [-0.15, -0.1) is 0 Å². The maximum Gasteiger partial charge on any atom is 1.00 e. The minimum atomic E-state index is -1.55. The van der Waals surface area contributed by atoms with Crippen LogP contribution in [0.2, 0.25) is 0 Å². The minimum absolute atomic E-state index is 0. The van der Waals surface area contributed by atoms with Crippen molar-refractivity contribution in [2.45, 2.75) is 31.7 Å². The average Bonchev–Trinajstić information content (AvgIpc) is 3.12. The molecule has 12 heteroatoms. The molecule has 1 atom stereocenters. The molecule has 0 aliphatic heterocycles. The molecule has 1 aromatic carbocycles. The number of carboxylic acid groups (broad SMARTS) is 2. The number of nitrogens with two attached hydrogens (primary N) is 1. The summed E-state index contributed by atoms with van der Waals surface area (Å²) in [6.07, 6.45) is 2.15. The van der Waals surface area contributed by atoms with Crippen LogP contribution in [0.1, 0.15) is 34.3 Å². The van der Waals surface area contributed by atoms with Gasteiger partial charge in [0.2, 0.25) is 5.95 Å². The summed E-state index contributed by atoms with van der Waals surface area (Å²) in [4.78, 5) is 55.5. The molecule has 0 radical (unpaired) electrons. The van der Waals surface area contributed by atoms with E-state index >= 15 is 0 Å². The van der Waals surface area contributed by atoms with Crippen molar-refractivity contribution < 1.29 is 54.2 Å². The predicted molar refractivity (Wildman–Crippen MR) is 108 cm³/mol. The van der Waals surface area contributed by atoms with Crippen LogP contribution in [0.5, 0.6) is 0 Å². The number of carboxylic acids is 2. The number of amides is 1. The topological polar surface area (TPSA) is 194 Å². The Morgan fingerprint density at radius 1 is 1.19 bits per heavy atom. The normalized spacial score (nSPS) is 11.5. The van der Waals surface area contributed by atoms with Crippen molar-refractivity contribution in [3.63, 3.8) is 0 Å². The van der Waals surface area contributed by atoms with Crippen molar-refractivity contribution in [2.24, 2.45) is 0 Å². The van der Waals surface area contributed by atoms with Crippen molar-refractivity contribution in [3.8, 4) is 0 Å². The molecule has 0 bridgehead atoms. The number of H-pyrrole nitrogens is 2. The van der Waals surface area contributed by atoms with Crippen molar-refractivity contribution in [2.75, 3.05) is 5.73 Å². The van der Waals surface area contributed by atoms with Crippen molar-refractivity contribution in [1.82, 2.24) is 20.3 Å². The van der Waals surface area contributed by atoms with Gasteiger partial charge in [0, 0.05) is 18.2 Å². The number of fused-ring (bicyclic) bond motifs is 1. The molecule has 32 heavy (non-hydrogen) atoms. The second kappa shape index (κ2) is 10.9. The molecule has 0 unspecified atom stereocenters. The number of aliphatic carboxylic acids is 2. The number of nitrogen functional groups attached to an aromatic ring is 1. The van der Waals surface area contributed by atoms with Crippen LogP contribution in [0.3, 0.4) is 0 Å². The number of anilines is 1. The maximum atomic E-state index is 12.3. The van der Waals surface area contributed by atoms with E-state index in [1.54, 1.807) is 30.5 Å². The third-order valence-corrected chi connectivity index (χ3v) is 4.78. The monoisotopic (exact) mass is 449 g/mol. The molecule has 2 aromatic heterocycles. The van der Waals surface area contributed by atoms with Crippen LogP contribution in [0.4, 0.5) is 5.95 Å². The number of benzene rings is 1. The van der Waals surface area contributed by atoms with E-state index in [-0.39, 0.29) is 53.0 Å². The first-order valence-corrected chi connectivity index (χ1v) is 9.43. The van der Waals surface area contributed by atoms with Gasteiger partial charge in [0.05, 0.1) is 17.4 Å². The molecule has 0 fully saturated rings. The Morgan fingerprint density at radius 2 is 1.88 bits per heavy atom. The van der Waals surface area contributed by atoms with Gasteiger partial charge in [-0.25, -0.2) is 0 Å². The number of hydrogen-bond acceptors (Lipinski definition) is 7. The molecule has 0 saturated heterocycles.